The quantitative estimate of drug-likeness (QED) is 0.363. The molecule has 0 spiro atoms. The van der Waals surface area contributed by atoms with E-state index in [0.29, 0.717) is 5.75 Å². The van der Waals surface area contributed by atoms with Gasteiger partial charge in [0, 0.05) is 17.2 Å². The standard InChI is InChI=1S/C20H13NO4.C4H10/c21-18-15(25-11-6-2-1-3-7-11)10-14(22)16-17(18)20(24)13-9-5-4-8-12(13)19(16)23;1-4(2)3/h1-10,22H,21H2;4H,1-3H3. The maximum absolute atomic E-state index is 12.8. The maximum atomic E-state index is 12.8. The Morgan fingerprint density at radius 3 is 1.86 bits per heavy atom. The maximum Gasteiger partial charge on any atom is 0.198 e. The molecule has 0 atom stereocenters. The molecule has 5 nitrogen and oxygen atoms in total. The number of rotatable bonds is 2. The third-order valence-corrected chi connectivity index (χ3v) is 4.15. The first-order valence-electron chi connectivity index (χ1n) is 9.38. The van der Waals surface area contributed by atoms with Crippen LogP contribution in [0.1, 0.15) is 52.6 Å². The fourth-order valence-corrected chi connectivity index (χ4v) is 2.97. The van der Waals surface area contributed by atoms with E-state index in [-0.39, 0.29) is 39.4 Å². The first-order chi connectivity index (χ1) is 13.8. The highest BCUT2D eigenvalue weighted by molar-refractivity contribution is 6.31. The van der Waals surface area contributed by atoms with Crippen LogP contribution >= 0.6 is 0 Å². The van der Waals surface area contributed by atoms with Crippen LogP contribution in [-0.2, 0) is 0 Å². The van der Waals surface area contributed by atoms with Crippen LogP contribution in [0.25, 0.3) is 0 Å². The third kappa shape index (κ3) is 3.99. The molecule has 148 valence electrons. The third-order valence-electron chi connectivity index (χ3n) is 4.15. The van der Waals surface area contributed by atoms with Gasteiger partial charge in [-0.3, -0.25) is 9.59 Å². The van der Waals surface area contributed by atoms with E-state index in [1.54, 1.807) is 48.5 Å². The molecule has 0 fully saturated rings. The van der Waals surface area contributed by atoms with Gasteiger partial charge in [0.2, 0.25) is 0 Å². The molecule has 0 amide bonds. The van der Waals surface area contributed by atoms with Crippen LogP contribution in [0.3, 0.4) is 0 Å². The number of anilines is 1. The van der Waals surface area contributed by atoms with Crippen molar-refractivity contribution in [1.29, 1.82) is 0 Å². The van der Waals surface area contributed by atoms with Gasteiger partial charge in [-0.25, -0.2) is 0 Å². The van der Waals surface area contributed by atoms with Crippen molar-refractivity contribution in [2.45, 2.75) is 20.8 Å². The van der Waals surface area contributed by atoms with E-state index >= 15 is 0 Å². The second-order valence-corrected chi connectivity index (χ2v) is 7.41. The van der Waals surface area contributed by atoms with Crippen LogP contribution in [-0.4, -0.2) is 16.7 Å². The molecule has 0 heterocycles. The van der Waals surface area contributed by atoms with Gasteiger partial charge in [-0.2, -0.15) is 0 Å². The number of carbonyl (C=O) groups excluding carboxylic acids is 2. The zero-order valence-electron chi connectivity index (χ0n) is 16.6. The number of para-hydroxylation sites is 1. The van der Waals surface area contributed by atoms with E-state index < -0.39 is 11.6 Å². The molecule has 0 aromatic heterocycles. The normalized spacial score (nSPS) is 12.0. The lowest BCUT2D eigenvalue weighted by Gasteiger charge is -2.21. The van der Waals surface area contributed by atoms with E-state index in [9.17, 15) is 14.7 Å². The minimum atomic E-state index is -0.430. The number of ether oxygens (including phenoxy) is 1. The zero-order valence-corrected chi connectivity index (χ0v) is 16.6. The van der Waals surface area contributed by atoms with Gasteiger partial charge < -0.3 is 15.6 Å². The Bertz CT molecular complexity index is 1070. The Morgan fingerprint density at radius 1 is 0.828 bits per heavy atom. The zero-order chi connectivity index (χ0) is 21.1. The SMILES string of the molecule is CC(C)C.Nc1c(Oc2ccccc2)cc(O)c2c1C(=O)c1ccccc1C2=O. The number of ketones is 2. The van der Waals surface area contributed by atoms with Crippen LogP contribution in [0, 0.1) is 5.92 Å². The van der Waals surface area contributed by atoms with Gasteiger partial charge in [-0.1, -0.05) is 63.2 Å². The number of phenols is 1. The molecule has 3 N–H and O–H groups in total. The second kappa shape index (κ2) is 8.19. The predicted molar refractivity (Wildman–Crippen MR) is 113 cm³/mol. The van der Waals surface area contributed by atoms with Gasteiger partial charge in [-0.05, 0) is 18.1 Å². The molecule has 1 aliphatic carbocycles. The van der Waals surface area contributed by atoms with Crippen LogP contribution in [0.5, 0.6) is 17.2 Å². The van der Waals surface area contributed by atoms with Gasteiger partial charge in [-0.15, -0.1) is 0 Å². The van der Waals surface area contributed by atoms with Crippen LogP contribution in [0.15, 0.2) is 60.7 Å². The Morgan fingerprint density at radius 2 is 1.31 bits per heavy atom. The highest BCUT2D eigenvalue weighted by Crippen LogP contribution is 2.42. The van der Waals surface area contributed by atoms with E-state index in [4.69, 9.17) is 10.5 Å². The summed E-state index contributed by atoms with van der Waals surface area (Å²) in [6.07, 6.45) is 0. The van der Waals surface area contributed by atoms with Gasteiger partial charge in [0.15, 0.2) is 17.3 Å². The summed E-state index contributed by atoms with van der Waals surface area (Å²) in [7, 11) is 0. The van der Waals surface area contributed by atoms with Crippen molar-refractivity contribution in [1.82, 2.24) is 0 Å². The van der Waals surface area contributed by atoms with Gasteiger partial charge in [0.1, 0.15) is 11.5 Å². The number of phenolic OH excluding ortho intramolecular Hbond substituents is 1. The molecule has 3 aromatic carbocycles. The molecule has 0 radical (unpaired) electrons. The number of carbonyl (C=O) groups is 2. The number of nitrogens with two attached hydrogens (primary N) is 1. The summed E-state index contributed by atoms with van der Waals surface area (Å²) < 4.78 is 5.68. The average molecular weight is 389 g/mol. The van der Waals surface area contributed by atoms with Crippen LogP contribution in [0.4, 0.5) is 5.69 Å². The molecule has 29 heavy (non-hydrogen) atoms. The number of aromatic hydroxyl groups is 1. The smallest absolute Gasteiger partial charge is 0.198 e. The summed E-state index contributed by atoms with van der Waals surface area (Å²) in [5.41, 5.74) is 6.58. The number of hydrogen-bond acceptors (Lipinski definition) is 5. The Hall–Kier alpha value is -3.60. The molecule has 0 aliphatic heterocycles. The first-order valence-corrected chi connectivity index (χ1v) is 9.38. The number of benzene rings is 3. The summed E-state index contributed by atoms with van der Waals surface area (Å²) in [4.78, 5) is 25.5. The molecule has 0 unspecified atom stereocenters. The summed E-state index contributed by atoms with van der Waals surface area (Å²) in [6.45, 7) is 6.50. The van der Waals surface area contributed by atoms with E-state index in [0.717, 1.165) is 5.92 Å². The Labute approximate surface area is 169 Å². The summed E-state index contributed by atoms with van der Waals surface area (Å²) >= 11 is 0. The lowest BCUT2D eigenvalue weighted by atomic mass is 9.82. The predicted octanol–water partition coefficient (Wildman–Crippen LogP) is 5.20. The second-order valence-electron chi connectivity index (χ2n) is 7.41. The van der Waals surface area contributed by atoms with Crippen molar-refractivity contribution >= 4 is 17.3 Å². The molecular formula is C24H23NO4. The lowest BCUT2D eigenvalue weighted by molar-refractivity contribution is 0.0977. The summed E-state index contributed by atoms with van der Waals surface area (Å²) in [5.74, 6) is 0.298. The molecule has 5 heteroatoms. The molecule has 0 bridgehead atoms. The van der Waals surface area contributed by atoms with Crippen molar-refractivity contribution < 1.29 is 19.4 Å². The van der Waals surface area contributed by atoms with Crippen LogP contribution < -0.4 is 10.5 Å². The fraction of sp³-hybridized carbons (Fsp3) is 0.167. The highest BCUT2D eigenvalue weighted by Gasteiger charge is 2.35. The summed E-state index contributed by atoms with van der Waals surface area (Å²) in [5, 5.41) is 10.3. The van der Waals surface area contributed by atoms with E-state index in [2.05, 4.69) is 20.8 Å². The average Bonchev–Trinajstić information content (AvgIpc) is 2.69. The summed E-state index contributed by atoms with van der Waals surface area (Å²) in [6, 6.07) is 16.6. The first kappa shape index (κ1) is 20.1. The monoisotopic (exact) mass is 389 g/mol. The number of nitrogen functional groups attached to an aromatic ring is 1. The number of hydrogen-bond donors (Lipinski definition) is 2. The minimum absolute atomic E-state index is 0.0189. The topological polar surface area (TPSA) is 89.6 Å². The minimum Gasteiger partial charge on any atom is -0.507 e. The van der Waals surface area contributed by atoms with Crippen molar-refractivity contribution in [2.24, 2.45) is 5.92 Å². The van der Waals surface area contributed by atoms with E-state index in [1.165, 1.54) is 6.07 Å². The van der Waals surface area contributed by atoms with Crippen LogP contribution in [0.2, 0.25) is 0 Å². The van der Waals surface area contributed by atoms with Crippen molar-refractivity contribution in [3.8, 4) is 17.2 Å². The Balaban J connectivity index is 0.000000552. The van der Waals surface area contributed by atoms with E-state index in [1.807, 2.05) is 6.07 Å². The largest absolute Gasteiger partial charge is 0.507 e. The molecule has 0 saturated heterocycles. The number of fused-ring (bicyclic) bond motifs is 2. The van der Waals surface area contributed by atoms with Gasteiger partial charge in [0.25, 0.3) is 0 Å². The molecule has 3 aromatic rings. The van der Waals surface area contributed by atoms with Gasteiger partial charge >= 0.3 is 0 Å². The lowest BCUT2D eigenvalue weighted by Crippen LogP contribution is -2.22. The fourth-order valence-electron chi connectivity index (χ4n) is 2.97. The molecular weight excluding hydrogens is 366 g/mol. The van der Waals surface area contributed by atoms with Crippen molar-refractivity contribution in [3.63, 3.8) is 0 Å². The van der Waals surface area contributed by atoms with Gasteiger partial charge in [0.05, 0.1) is 16.8 Å². The Kier molecular flexibility index (Phi) is 5.69. The molecule has 4 rings (SSSR count). The molecule has 0 saturated carbocycles. The van der Waals surface area contributed by atoms with Crippen molar-refractivity contribution in [2.75, 3.05) is 5.73 Å². The molecule has 1 aliphatic rings. The highest BCUT2D eigenvalue weighted by atomic mass is 16.5. The van der Waals surface area contributed by atoms with Crippen molar-refractivity contribution in [3.05, 3.63) is 82.9 Å².